The first-order chi connectivity index (χ1) is 33.5. The van der Waals surface area contributed by atoms with Crippen molar-refractivity contribution in [3.63, 3.8) is 0 Å². The number of aliphatic hydroxyl groups is 3. The van der Waals surface area contributed by atoms with Crippen molar-refractivity contribution in [2.45, 2.75) is 142 Å². The normalized spacial score (nSPS) is 23.6. The van der Waals surface area contributed by atoms with Crippen LogP contribution in [0.3, 0.4) is 0 Å². The summed E-state index contributed by atoms with van der Waals surface area (Å²) in [5.74, 6) is -3.83. The summed E-state index contributed by atoms with van der Waals surface area (Å²) in [6.07, 6.45) is -12.7. The highest BCUT2D eigenvalue weighted by Gasteiger charge is 2.56. The summed E-state index contributed by atoms with van der Waals surface area (Å²) >= 11 is 4.64. The second kappa shape index (κ2) is 26.7. The summed E-state index contributed by atoms with van der Waals surface area (Å²) in [5, 5.41) is 31.4. The van der Waals surface area contributed by atoms with Crippen molar-refractivity contribution in [2.75, 3.05) is 13.2 Å². The molecule has 2 aliphatic heterocycles. The predicted molar refractivity (Wildman–Crippen MR) is 246 cm³/mol. The van der Waals surface area contributed by atoms with E-state index in [4.69, 9.17) is 51.5 Å². The van der Waals surface area contributed by atoms with Gasteiger partial charge < -0.3 is 66.8 Å². The molecule has 71 heavy (non-hydrogen) atoms. The number of hydrogen-bond acceptors (Lipinski definition) is 22. The van der Waals surface area contributed by atoms with Gasteiger partial charge in [-0.3, -0.25) is 19.2 Å². The molecule has 4 unspecified atom stereocenters. The Kier molecular flexibility index (Phi) is 21.5. The molecule has 2 fully saturated rings. The third-order valence-corrected chi connectivity index (χ3v) is 10.3. The van der Waals surface area contributed by atoms with Gasteiger partial charge in [0.05, 0.1) is 13.2 Å². The van der Waals surface area contributed by atoms with Gasteiger partial charge in [0.25, 0.3) is 0 Å². The Morgan fingerprint density at radius 3 is 1.42 bits per heavy atom. The number of aliphatic hydroxyl groups excluding tert-OH is 3. The molecule has 0 aliphatic carbocycles. The largest absolute Gasteiger partial charge is 0.464 e. The highest BCUT2D eigenvalue weighted by atomic mass is 35.5. The fourth-order valence-electron chi connectivity index (χ4n) is 7.02. The molecule has 2 aliphatic rings. The molecule has 4 aromatic rings. The van der Waals surface area contributed by atoms with Crippen LogP contribution in [0.1, 0.15) is 78.4 Å². The number of hydrogen-bond donors (Lipinski definition) is 3. The molecular weight excluding hydrogens is 964 g/mol. The van der Waals surface area contributed by atoms with E-state index >= 15 is 0 Å². The SMILES string of the molecule is CC(=O)Cl.CCCCOC(=O)C1O[C@@H](Oc2ccc3c(C)cc(=O)oc3c2)C(O)[C@H](O)[C@@H]1O.CCCCOC(=O)C1O[C@@H](Oc2ccc3c(C)cc(=O)oc3c2)C(OC(C)=O)[C@H](OC(C)=O)[C@@H]1OC(C)=O. The molecule has 0 amide bonds. The minimum absolute atomic E-state index is 0.0716. The van der Waals surface area contributed by atoms with Crippen LogP contribution in [0.5, 0.6) is 11.5 Å². The van der Waals surface area contributed by atoms with Crippen molar-refractivity contribution in [2.24, 2.45) is 0 Å². The lowest BCUT2D eigenvalue weighted by atomic mass is 9.97. The zero-order valence-corrected chi connectivity index (χ0v) is 40.9. The molecule has 0 radical (unpaired) electrons. The predicted octanol–water partition coefficient (Wildman–Crippen LogP) is 3.75. The fraction of sp³-hybridized carbons (Fsp3) is 0.500. The van der Waals surface area contributed by atoms with Crippen molar-refractivity contribution in [3.8, 4) is 11.5 Å². The van der Waals surface area contributed by atoms with Crippen LogP contribution < -0.4 is 20.7 Å². The Hall–Kier alpha value is -6.43. The minimum Gasteiger partial charge on any atom is -0.464 e. The average Bonchev–Trinajstić information content (AvgIpc) is 3.27. The Labute approximate surface area is 410 Å². The van der Waals surface area contributed by atoms with Gasteiger partial charge in [-0.15, -0.1) is 0 Å². The quantitative estimate of drug-likeness (QED) is 0.0502. The smallest absolute Gasteiger partial charge is 0.339 e. The zero-order valence-electron chi connectivity index (χ0n) is 40.1. The van der Waals surface area contributed by atoms with Crippen molar-refractivity contribution in [1.82, 2.24) is 0 Å². The van der Waals surface area contributed by atoms with Crippen molar-refractivity contribution in [1.29, 1.82) is 0 Å². The van der Waals surface area contributed by atoms with Crippen LogP contribution in [0.25, 0.3) is 21.9 Å². The highest BCUT2D eigenvalue weighted by molar-refractivity contribution is 6.62. The molecule has 6 rings (SSSR count). The number of aryl methyl sites for hydroxylation is 2. The van der Waals surface area contributed by atoms with E-state index in [-0.39, 0.29) is 41.1 Å². The van der Waals surface area contributed by atoms with Gasteiger partial charge in [0.1, 0.15) is 41.0 Å². The lowest BCUT2D eigenvalue weighted by Gasteiger charge is -2.43. The lowest BCUT2D eigenvalue weighted by Crippen LogP contribution is -2.64. The van der Waals surface area contributed by atoms with E-state index in [0.717, 1.165) is 39.2 Å². The molecule has 2 aromatic heterocycles. The zero-order chi connectivity index (χ0) is 52.7. The van der Waals surface area contributed by atoms with Crippen molar-refractivity contribution >= 4 is 68.6 Å². The van der Waals surface area contributed by atoms with E-state index < -0.39 is 103 Å². The molecule has 2 aromatic carbocycles. The number of rotatable bonds is 15. The van der Waals surface area contributed by atoms with Crippen LogP contribution >= 0.6 is 11.6 Å². The Bertz CT molecular complexity index is 2620. The van der Waals surface area contributed by atoms with Crippen LogP contribution in [0.2, 0.25) is 0 Å². The number of carbonyl (C=O) groups is 6. The minimum atomic E-state index is -1.68. The standard InChI is InChI=1S/C26H30O12.C20H24O9.C2H3ClO/c1-6-7-10-32-25(31)23-21(33-14(3)27)22(34-15(4)28)24(35-16(5)29)26(38-23)36-17-8-9-18-13(2)11-20(30)37-19(18)12-17;1-3-4-7-26-19(25)18-16(23)15(22)17(24)20(29-18)27-11-5-6-12-10(2)8-14(21)28-13(12)9-11;1-2(3)4/h8-9,11-12,21-24,26H,6-7,10H2,1-5H3;5-6,8-9,15-18,20,22-24H,3-4,7H2,1-2H3;1H3/t21-,22+,23?,24?,26+;15-,16+,17?,18?,20-;/m01./s1. The third-order valence-electron chi connectivity index (χ3n) is 10.3. The number of esters is 5. The van der Waals surface area contributed by atoms with Gasteiger partial charge in [-0.1, -0.05) is 26.7 Å². The van der Waals surface area contributed by atoms with Crippen LogP contribution in [0.4, 0.5) is 0 Å². The van der Waals surface area contributed by atoms with E-state index in [1.165, 1.54) is 31.2 Å². The first-order valence-electron chi connectivity index (χ1n) is 22.3. The lowest BCUT2D eigenvalue weighted by molar-refractivity contribution is -0.283. The van der Waals surface area contributed by atoms with Gasteiger partial charge in [0, 0.05) is 62.7 Å². The number of ether oxygens (including phenoxy) is 9. The van der Waals surface area contributed by atoms with Gasteiger partial charge in [0.2, 0.25) is 23.9 Å². The third kappa shape index (κ3) is 16.3. The average molecular weight is 1020 g/mol. The van der Waals surface area contributed by atoms with Crippen molar-refractivity contribution in [3.05, 3.63) is 80.5 Å². The topological polar surface area (TPSA) is 307 Å². The molecule has 23 heteroatoms. The second-order valence-corrected chi connectivity index (χ2v) is 16.6. The van der Waals surface area contributed by atoms with Crippen LogP contribution in [0.15, 0.2) is 67.0 Å². The summed E-state index contributed by atoms with van der Waals surface area (Å²) < 4.78 is 59.5. The van der Waals surface area contributed by atoms with Gasteiger partial charge in [0.15, 0.2) is 24.4 Å². The molecular formula is C48H57ClO22. The van der Waals surface area contributed by atoms with E-state index in [1.807, 2.05) is 13.8 Å². The molecule has 22 nitrogen and oxygen atoms in total. The van der Waals surface area contributed by atoms with Gasteiger partial charge in [-0.25, -0.2) is 19.2 Å². The maximum absolute atomic E-state index is 13.0. The van der Waals surface area contributed by atoms with Gasteiger partial charge in [-0.2, -0.15) is 0 Å². The number of benzene rings is 2. The molecule has 2 saturated heterocycles. The first-order valence-corrected chi connectivity index (χ1v) is 22.7. The molecule has 388 valence electrons. The molecule has 10 atom stereocenters. The van der Waals surface area contributed by atoms with Crippen LogP contribution in [-0.2, 0) is 61.9 Å². The number of unbranched alkanes of at least 4 members (excludes halogenated alkanes) is 2. The van der Waals surface area contributed by atoms with E-state index in [1.54, 1.807) is 38.1 Å². The summed E-state index contributed by atoms with van der Waals surface area (Å²) in [6.45, 7) is 12.2. The second-order valence-electron chi connectivity index (χ2n) is 16.1. The number of fused-ring (bicyclic) bond motifs is 2. The summed E-state index contributed by atoms with van der Waals surface area (Å²) in [4.78, 5) is 93.7. The van der Waals surface area contributed by atoms with Gasteiger partial charge in [-0.05, 0) is 73.7 Å². The van der Waals surface area contributed by atoms with E-state index in [0.29, 0.717) is 29.2 Å². The fourth-order valence-corrected chi connectivity index (χ4v) is 7.02. The molecule has 0 spiro atoms. The van der Waals surface area contributed by atoms with E-state index in [9.17, 15) is 53.7 Å². The van der Waals surface area contributed by atoms with Crippen LogP contribution in [-0.4, -0.2) is 125 Å². The van der Waals surface area contributed by atoms with Crippen LogP contribution in [0, 0.1) is 13.8 Å². The van der Waals surface area contributed by atoms with Crippen molar-refractivity contribution < 1.29 is 95.6 Å². The highest BCUT2D eigenvalue weighted by Crippen LogP contribution is 2.33. The Morgan fingerprint density at radius 1 is 0.563 bits per heavy atom. The summed E-state index contributed by atoms with van der Waals surface area (Å²) in [6, 6.07) is 12.0. The maximum atomic E-state index is 13.0. The monoisotopic (exact) mass is 1020 g/mol. The molecule has 0 saturated carbocycles. The number of halogens is 1. The molecule has 4 heterocycles. The van der Waals surface area contributed by atoms with E-state index in [2.05, 4.69) is 11.6 Å². The summed E-state index contributed by atoms with van der Waals surface area (Å²) in [5.41, 5.74) is 0.822. The Balaban J connectivity index is 0.000000295. The molecule has 0 bridgehead atoms. The number of carbonyl (C=O) groups excluding carboxylic acids is 6. The van der Waals surface area contributed by atoms with Gasteiger partial charge >= 0.3 is 41.1 Å². The maximum Gasteiger partial charge on any atom is 0.339 e. The first kappa shape index (κ1) is 57.2. The Morgan fingerprint density at radius 2 is 0.972 bits per heavy atom. The molecule has 3 N–H and O–H groups in total. The summed E-state index contributed by atoms with van der Waals surface area (Å²) in [7, 11) is 0.